The van der Waals surface area contributed by atoms with Gasteiger partial charge in [-0.3, -0.25) is 4.79 Å². The fraction of sp³-hybridized carbons (Fsp3) is 0.350. The van der Waals surface area contributed by atoms with Gasteiger partial charge in [-0.05, 0) is 56.2 Å². The second-order valence-corrected chi connectivity index (χ2v) is 9.36. The number of amides is 1. The molecule has 1 fully saturated rings. The van der Waals surface area contributed by atoms with E-state index in [1.165, 1.54) is 16.4 Å². The average molecular weight is 457 g/mol. The number of halogens is 2. The first-order valence-corrected chi connectivity index (χ1v) is 11.5. The minimum atomic E-state index is -3.82. The summed E-state index contributed by atoms with van der Waals surface area (Å²) in [6.45, 7) is 2.94. The number of hydrogen-bond acceptors (Lipinski definition) is 4. The van der Waals surface area contributed by atoms with Crippen molar-refractivity contribution in [2.24, 2.45) is 5.92 Å². The lowest BCUT2D eigenvalue weighted by Gasteiger charge is -2.31. The molecule has 9 heteroatoms. The van der Waals surface area contributed by atoms with Crippen LogP contribution in [0.3, 0.4) is 0 Å². The number of ether oxygens (including phenoxy) is 1. The van der Waals surface area contributed by atoms with E-state index in [2.05, 4.69) is 5.32 Å². The molecule has 1 N–H and O–H groups in total. The highest BCUT2D eigenvalue weighted by Crippen LogP contribution is 2.33. The van der Waals surface area contributed by atoms with E-state index in [1.807, 2.05) is 6.92 Å². The predicted octanol–water partition coefficient (Wildman–Crippen LogP) is 4.43. The lowest BCUT2D eigenvalue weighted by molar-refractivity contribution is -0.120. The van der Waals surface area contributed by atoms with Gasteiger partial charge in [0, 0.05) is 24.7 Å². The smallest absolute Gasteiger partial charge is 0.246 e. The van der Waals surface area contributed by atoms with E-state index in [9.17, 15) is 13.2 Å². The van der Waals surface area contributed by atoms with Gasteiger partial charge in [-0.25, -0.2) is 8.42 Å². The number of sulfonamides is 1. The van der Waals surface area contributed by atoms with Crippen LogP contribution < -0.4 is 10.1 Å². The number of piperidine rings is 1. The topological polar surface area (TPSA) is 75.7 Å². The van der Waals surface area contributed by atoms with E-state index in [0.29, 0.717) is 25.1 Å². The average Bonchev–Trinajstić information content (AvgIpc) is 2.69. The summed E-state index contributed by atoms with van der Waals surface area (Å²) in [6.07, 6.45) is 0.842. The normalized spacial score (nSPS) is 15.8. The van der Waals surface area contributed by atoms with Crippen LogP contribution in [0, 0.1) is 5.92 Å². The van der Waals surface area contributed by atoms with Gasteiger partial charge in [0.05, 0.1) is 16.7 Å². The number of benzene rings is 2. The number of nitrogens with one attached hydrogen (secondary N) is 1. The van der Waals surface area contributed by atoms with Gasteiger partial charge in [0.2, 0.25) is 15.9 Å². The highest BCUT2D eigenvalue weighted by atomic mass is 35.5. The summed E-state index contributed by atoms with van der Waals surface area (Å²) in [4.78, 5) is 12.5. The molecule has 0 saturated carbocycles. The summed E-state index contributed by atoms with van der Waals surface area (Å²) in [5.41, 5.74) is 0.677. The number of carbonyl (C=O) groups is 1. The standard InChI is InChI=1S/C20H22Cl2N2O4S/c1-2-28-16-8-6-15(7-9-16)23-20(25)14-10-12-24(13-11-14)29(26,27)19-17(21)4-3-5-18(19)22/h3-9,14H,2,10-13H2,1H3,(H,23,25). The summed E-state index contributed by atoms with van der Waals surface area (Å²) < 4.78 is 32.6. The maximum absolute atomic E-state index is 12.9. The zero-order chi connectivity index (χ0) is 21.0. The van der Waals surface area contributed by atoms with Crippen LogP contribution in [-0.4, -0.2) is 38.3 Å². The Balaban J connectivity index is 1.62. The van der Waals surface area contributed by atoms with Gasteiger partial charge in [-0.1, -0.05) is 29.3 Å². The lowest BCUT2D eigenvalue weighted by Crippen LogP contribution is -2.41. The maximum Gasteiger partial charge on any atom is 0.246 e. The van der Waals surface area contributed by atoms with Crippen LogP contribution in [0.1, 0.15) is 19.8 Å². The Labute approximate surface area is 180 Å². The van der Waals surface area contributed by atoms with Gasteiger partial charge in [0.25, 0.3) is 0 Å². The summed E-state index contributed by atoms with van der Waals surface area (Å²) in [7, 11) is -3.82. The van der Waals surface area contributed by atoms with E-state index < -0.39 is 10.0 Å². The molecule has 2 aromatic rings. The van der Waals surface area contributed by atoms with Gasteiger partial charge >= 0.3 is 0 Å². The highest BCUT2D eigenvalue weighted by molar-refractivity contribution is 7.89. The fourth-order valence-electron chi connectivity index (χ4n) is 3.26. The van der Waals surface area contributed by atoms with Crippen LogP contribution >= 0.6 is 23.2 Å². The minimum absolute atomic E-state index is 0.0828. The molecule has 0 aromatic heterocycles. The molecule has 0 spiro atoms. The van der Waals surface area contributed by atoms with Crippen molar-refractivity contribution in [1.29, 1.82) is 0 Å². The van der Waals surface area contributed by atoms with Crippen LogP contribution in [0.2, 0.25) is 10.0 Å². The molecular formula is C20H22Cl2N2O4S. The molecule has 156 valence electrons. The van der Waals surface area contributed by atoms with Crippen molar-refractivity contribution < 1.29 is 17.9 Å². The monoisotopic (exact) mass is 456 g/mol. The first-order valence-electron chi connectivity index (χ1n) is 9.31. The van der Waals surface area contributed by atoms with E-state index in [4.69, 9.17) is 27.9 Å². The Morgan fingerprint density at radius 1 is 1.10 bits per heavy atom. The third-order valence-electron chi connectivity index (χ3n) is 4.77. The molecule has 1 amide bonds. The molecule has 3 rings (SSSR count). The van der Waals surface area contributed by atoms with E-state index in [0.717, 1.165) is 5.75 Å². The molecule has 6 nitrogen and oxygen atoms in total. The lowest BCUT2D eigenvalue weighted by atomic mass is 9.97. The summed E-state index contributed by atoms with van der Waals surface area (Å²) in [5, 5.41) is 3.06. The first kappa shape index (κ1) is 21.9. The molecule has 0 bridgehead atoms. The zero-order valence-corrected chi connectivity index (χ0v) is 18.2. The van der Waals surface area contributed by atoms with Gasteiger partial charge in [-0.2, -0.15) is 4.31 Å². The van der Waals surface area contributed by atoms with E-state index >= 15 is 0 Å². The van der Waals surface area contributed by atoms with Crippen molar-refractivity contribution in [3.05, 3.63) is 52.5 Å². The van der Waals surface area contributed by atoms with Crippen LogP contribution in [0.4, 0.5) is 5.69 Å². The number of nitrogens with zero attached hydrogens (tertiary/aromatic N) is 1. The second-order valence-electron chi connectivity index (χ2n) is 6.68. The van der Waals surface area contributed by atoms with Gasteiger partial charge in [0.15, 0.2) is 0 Å². The Kier molecular flexibility index (Phi) is 7.05. The molecule has 1 saturated heterocycles. The molecular weight excluding hydrogens is 435 g/mol. The van der Waals surface area contributed by atoms with Crippen molar-refractivity contribution in [1.82, 2.24) is 4.31 Å². The summed E-state index contributed by atoms with van der Waals surface area (Å²) in [6, 6.07) is 11.7. The minimum Gasteiger partial charge on any atom is -0.494 e. The number of rotatable bonds is 6. The highest BCUT2D eigenvalue weighted by Gasteiger charge is 2.34. The third kappa shape index (κ3) is 5.04. The van der Waals surface area contributed by atoms with Gasteiger partial charge < -0.3 is 10.1 Å². The maximum atomic E-state index is 12.9. The molecule has 0 aliphatic carbocycles. The van der Waals surface area contributed by atoms with Crippen LogP contribution in [0.5, 0.6) is 5.75 Å². The van der Waals surface area contributed by atoms with Crippen molar-refractivity contribution in [3.63, 3.8) is 0 Å². The predicted molar refractivity (Wildman–Crippen MR) is 114 cm³/mol. The van der Waals surface area contributed by atoms with Crippen LogP contribution in [0.25, 0.3) is 0 Å². The van der Waals surface area contributed by atoms with Crippen molar-refractivity contribution in [2.45, 2.75) is 24.7 Å². The number of carbonyl (C=O) groups excluding carboxylic acids is 1. The van der Waals surface area contributed by atoms with Crippen LogP contribution in [0.15, 0.2) is 47.4 Å². The molecule has 0 radical (unpaired) electrons. The Morgan fingerprint density at radius 2 is 1.69 bits per heavy atom. The Bertz CT molecular complexity index is 952. The first-order chi connectivity index (χ1) is 13.8. The molecule has 1 heterocycles. The number of anilines is 1. The molecule has 0 unspecified atom stereocenters. The SMILES string of the molecule is CCOc1ccc(NC(=O)C2CCN(S(=O)(=O)c3c(Cl)cccc3Cl)CC2)cc1. The van der Waals surface area contributed by atoms with Gasteiger partial charge in [0.1, 0.15) is 10.6 Å². The molecule has 1 aliphatic heterocycles. The quantitative estimate of drug-likeness (QED) is 0.697. The Hall–Kier alpha value is -1.80. The van der Waals surface area contributed by atoms with Gasteiger partial charge in [-0.15, -0.1) is 0 Å². The van der Waals surface area contributed by atoms with Crippen molar-refractivity contribution in [3.8, 4) is 5.75 Å². The number of hydrogen-bond donors (Lipinski definition) is 1. The van der Waals surface area contributed by atoms with Crippen molar-refractivity contribution >= 4 is 44.8 Å². The largest absolute Gasteiger partial charge is 0.494 e. The van der Waals surface area contributed by atoms with E-state index in [1.54, 1.807) is 30.3 Å². The second kappa shape index (κ2) is 9.34. The Morgan fingerprint density at radius 3 is 2.24 bits per heavy atom. The van der Waals surface area contributed by atoms with E-state index in [-0.39, 0.29) is 39.9 Å². The summed E-state index contributed by atoms with van der Waals surface area (Å²) >= 11 is 12.1. The molecule has 1 aliphatic rings. The third-order valence-corrected chi connectivity index (χ3v) is 7.63. The van der Waals surface area contributed by atoms with Crippen molar-refractivity contribution in [2.75, 3.05) is 25.0 Å². The summed E-state index contributed by atoms with van der Waals surface area (Å²) in [5.74, 6) is 0.346. The molecule has 29 heavy (non-hydrogen) atoms. The van der Waals surface area contributed by atoms with Crippen LogP contribution in [-0.2, 0) is 14.8 Å². The zero-order valence-electron chi connectivity index (χ0n) is 15.9. The molecule has 2 aromatic carbocycles. The fourth-order valence-corrected chi connectivity index (χ4v) is 5.82. The molecule has 0 atom stereocenters.